The molecule has 3 atom stereocenters. The summed E-state index contributed by atoms with van der Waals surface area (Å²) in [6, 6.07) is 1.41. The lowest BCUT2D eigenvalue weighted by Gasteiger charge is -2.41. The average molecular weight is 243 g/mol. The minimum atomic E-state index is 0.226. The largest absolute Gasteiger partial charge is 0.329 e. The Morgan fingerprint density at radius 1 is 1.56 bits per heavy atom. The lowest BCUT2D eigenvalue weighted by atomic mass is 9.92. The van der Waals surface area contributed by atoms with E-state index in [0.29, 0.717) is 6.04 Å². The minimum absolute atomic E-state index is 0.226. The van der Waals surface area contributed by atoms with E-state index in [4.69, 9.17) is 5.73 Å². The van der Waals surface area contributed by atoms with Crippen molar-refractivity contribution in [2.24, 2.45) is 5.73 Å². The molecule has 0 radical (unpaired) electrons. The van der Waals surface area contributed by atoms with Crippen molar-refractivity contribution in [3.05, 3.63) is 0 Å². The van der Waals surface area contributed by atoms with Crippen LogP contribution in [0.3, 0.4) is 0 Å². The van der Waals surface area contributed by atoms with Gasteiger partial charge in [-0.15, -0.1) is 0 Å². The van der Waals surface area contributed by atoms with Crippen molar-refractivity contribution < 1.29 is 0 Å². The van der Waals surface area contributed by atoms with E-state index in [1.807, 2.05) is 0 Å². The van der Waals surface area contributed by atoms with E-state index in [9.17, 15) is 0 Å². The molecular formula is C12H25N3S. The molecule has 2 heterocycles. The predicted octanol–water partition coefficient (Wildman–Crippen LogP) is 0.845. The first kappa shape index (κ1) is 12.7. The van der Waals surface area contributed by atoms with Gasteiger partial charge in [-0.05, 0) is 39.6 Å². The molecule has 0 saturated carbocycles. The van der Waals surface area contributed by atoms with Gasteiger partial charge in [-0.25, -0.2) is 0 Å². The molecule has 2 N–H and O–H groups in total. The van der Waals surface area contributed by atoms with Crippen LogP contribution in [-0.2, 0) is 0 Å². The lowest BCUT2D eigenvalue weighted by Crippen LogP contribution is -2.57. The summed E-state index contributed by atoms with van der Waals surface area (Å²) in [6.07, 6.45) is 2.55. The molecule has 2 fully saturated rings. The van der Waals surface area contributed by atoms with Gasteiger partial charge < -0.3 is 10.6 Å². The maximum atomic E-state index is 6.09. The van der Waals surface area contributed by atoms with Crippen molar-refractivity contribution in [1.82, 2.24) is 9.80 Å². The van der Waals surface area contributed by atoms with Crippen molar-refractivity contribution in [3.63, 3.8) is 0 Å². The molecule has 0 bridgehead atoms. The molecule has 0 aromatic heterocycles. The zero-order valence-electron chi connectivity index (χ0n) is 10.8. The van der Waals surface area contributed by atoms with E-state index in [1.54, 1.807) is 0 Å². The Bertz CT molecular complexity index is 230. The molecule has 2 rings (SSSR count). The molecule has 0 aromatic rings. The number of likely N-dealkylation sites (tertiary alicyclic amines) is 1. The topological polar surface area (TPSA) is 32.5 Å². The maximum absolute atomic E-state index is 6.09. The highest BCUT2D eigenvalue weighted by molar-refractivity contribution is 7.99. The third-order valence-electron chi connectivity index (χ3n) is 4.55. The molecule has 0 amide bonds. The monoisotopic (exact) mass is 243 g/mol. The first-order valence-electron chi connectivity index (χ1n) is 6.30. The van der Waals surface area contributed by atoms with E-state index in [1.165, 1.54) is 24.3 Å². The smallest absolute Gasteiger partial charge is 0.0473 e. The van der Waals surface area contributed by atoms with Crippen molar-refractivity contribution in [1.29, 1.82) is 0 Å². The van der Waals surface area contributed by atoms with E-state index in [0.717, 1.165) is 19.1 Å². The number of likely N-dealkylation sites (N-methyl/N-ethyl adjacent to an activating group) is 2. The third kappa shape index (κ3) is 2.13. The predicted molar refractivity (Wildman–Crippen MR) is 72.0 cm³/mol. The summed E-state index contributed by atoms with van der Waals surface area (Å²) in [7, 11) is 4.51. The number of nitrogens with two attached hydrogens (primary N) is 1. The van der Waals surface area contributed by atoms with Crippen molar-refractivity contribution in [3.8, 4) is 0 Å². The van der Waals surface area contributed by atoms with Gasteiger partial charge in [0.25, 0.3) is 0 Å². The SMILES string of the molecule is CC1CC(CN)(N(C)C2CCSC2)CN1C. The maximum Gasteiger partial charge on any atom is 0.0473 e. The standard InChI is InChI=1S/C12H25N3S/c1-10-6-12(8-13,9-14(10)2)15(3)11-4-5-16-7-11/h10-11H,4-9,13H2,1-3H3. The molecule has 3 unspecified atom stereocenters. The molecule has 16 heavy (non-hydrogen) atoms. The Kier molecular flexibility index (Phi) is 3.84. The molecule has 2 aliphatic heterocycles. The summed E-state index contributed by atoms with van der Waals surface area (Å²) in [5.41, 5.74) is 6.31. The molecule has 0 aliphatic carbocycles. The van der Waals surface area contributed by atoms with Crippen LogP contribution in [0.15, 0.2) is 0 Å². The average Bonchev–Trinajstić information content (AvgIpc) is 2.87. The van der Waals surface area contributed by atoms with Gasteiger partial charge in [-0.1, -0.05) is 0 Å². The number of nitrogens with zero attached hydrogens (tertiary/aromatic N) is 2. The van der Waals surface area contributed by atoms with Crippen molar-refractivity contribution in [2.45, 2.75) is 37.4 Å². The molecule has 0 spiro atoms. The molecule has 2 aliphatic rings. The normalized spacial score (nSPS) is 41.1. The summed E-state index contributed by atoms with van der Waals surface area (Å²) >= 11 is 2.08. The van der Waals surface area contributed by atoms with Crippen LogP contribution in [0, 0.1) is 0 Å². The summed E-state index contributed by atoms with van der Waals surface area (Å²) in [5, 5.41) is 0. The fourth-order valence-corrected chi connectivity index (χ4v) is 4.42. The Hall–Kier alpha value is 0.230. The molecular weight excluding hydrogens is 218 g/mol. The van der Waals surface area contributed by atoms with Crippen LogP contribution in [0.5, 0.6) is 0 Å². The van der Waals surface area contributed by atoms with Crippen molar-refractivity contribution in [2.75, 3.05) is 38.7 Å². The fraction of sp³-hybridized carbons (Fsp3) is 1.00. The minimum Gasteiger partial charge on any atom is -0.329 e. The quantitative estimate of drug-likeness (QED) is 0.796. The van der Waals surface area contributed by atoms with Gasteiger partial charge in [0.1, 0.15) is 0 Å². The van der Waals surface area contributed by atoms with E-state index in [2.05, 4.69) is 42.6 Å². The molecule has 0 aromatic carbocycles. The second-order valence-corrected chi connectivity index (χ2v) is 6.67. The van der Waals surface area contributed by atoms with Crippen molar-refractivity contribution >= 4 is 11.8 Å². The Morgan fingerprint density at radius 3 is 2.75 bits per heavy atom. The third-order valence-corrected chi connectivity index (χ3v) is 5.70. The van der Waals surface area contributed by atoms with Crippen LogP contribution in [-0.4, -0.2) is 66.1 Å². The van der Waals surface area contributed by atoms with Gasteiger partial charge in [0, 0.05) is 36.5 Å². The van der Waals surface area contributed by atoms with Crippen LogP contribution in [0.25, 0.3) is 0 Å². The lowest BCUT2D eigenvalue weighted by molar-refractivity contribution is 0.0952. The second kappa shape index (κ2) is 4.84. The van der Waals surface area contributed by atoms with Gasteiger partial charge in [0.15, 0.2) is 0 Å². The van der Waals surface area contributed by atoms with Gasteiger partial charge in [0.05, 0.1) is 0 Å². The highest BCUT2D eigenvalue weighted by Crippen LogP contribution is 2.34. The Morgan fingerprint density at radius 2 is 2.31 bits per heavy atom. The van der Waals surface area contributed by atoms with Crippen LogP contribution < -0.4 is 5.73 Å². The number of thioether (sulfide) groups is 1. The molecule has 2 saturated heterocycles. The summed E-state index contributed by atoms with van der Waals surface area (Å²) in [5.74, 6) is 2.61. The van der Waals surface area contributed by atoms with E-state index in [-0.39, 0.29) is 5.54 Å². The molecule has 4 heteroatoms. The number of rotatable bonds is 3. The summed E-state index contributed by atoms with van der Waals surface area (Å²) in [6.45, 7) is 4.23. The van der Waals surface area contributed by atoms with E-state index >= 15 is 0 Å². The van der Waals surface area contributed by atoms with Gasteiger partial charge in [-0.2, -0.15) is 11.8 Å². The number of hydrogen-bond acceptors (Lipinski definition) is 4. The van der Waals surface area contributed by atoms with Gasteiger partial charge in [0.2, 0.25) is 0 Å². The summed E-state index contributed by atoms with van der Waals surface area (Å²) < 4.78 is 0. The van der Waals surface area contributed by atoms with Crippen LogP contribution >= 0.6 is 11.8 Å². The first-order chi connectivity index (χ1) is 7.59. The summed E-state index contributed by atoms with van der Waals surface area (Å²) in [4.78, 5) is 5.04. The number of hydrogen-bond donors (Lipinski definition) is 1. The van der Waals surface area contributed by atoms with Gasteiger partial charge >= 0.3 is 0 Å². The highest BCUT2D eigenvalue weighted by Gasteiger charge is 2.45. The highest BCUT2D eigenvalue weighted by atomic mass is 32.2. The van der Waals surface area contributed by atoms with Gasteiger partial charge in [-0.3, -0.25) is 4.90 Å². The Labute approximate surface area is 104 Å². The second-order valence-electron chi connectivity index (χ2n) is 5.53. The zero-order valence-corrected chi connectivity index (χ0v) is 11.6. The zero-order chi connectivity index (χ0) is 11.8. The van der Waals surface area contributed by atoms with Crippen LogP contribution in [0.2, 0.25) is 0 Å². The van der Waals surface area contributed by atoms with Crippen LogP contribution in [0.4, 0.5) is 0 Å². The van der Waals surface area contributed by atoms with Crippen LogP contribution in [0.1, 0.15) is 19.8 Å². The van der Waals surface area contributed by atoms with E-state index < -0.39 is 0 Å². The molecule has 3 nitrogen and oxygen atoms in total. The fourth-order valence-electron chi connectivity index (χ4n) is 3.15. The molecule has 94 valence electrons. The first-order valence-corrected chi connectivity index (χ1v) is 7.45. The Balaban J connectivity index is 2.09.